The number of nitrogens with zero attached hydrogens (tertiary/aromatic N) is 2. The summed E-state index contributed by atoms with van der Waals surface area (Å²) >= 11 is 5.67. The van der Waals surface area contributed by atoms with Crippen molar-refractivity contribution in [2.45, 2.75) is 39.7 Å². The molecule has 0 saturated carbocycles. The molecule has 0 aliphatic carbocycles. The molecule has 1 N–H and O–H groups in total. The van der Waals surface area contributed by atoms with Gasteiger partial charge in [-0.2, -0.15) is 0 Å². The van der Waals surface area contributed by atoms with Gasteiger partial charge in [0.1, 0.15) is 12.1 Å². The van der Waals surface area contributed by atoms with Gasteiger partial charge in [-0.25, -0.2) is 9.97 Å². The molecule has 1 rings (SSSR count). The predicted molar refractivity (Wildman–Crippen MR) is 71.0 cm³/mol. The first-order valence-electron chi connectivity index (χ1n) is 5.96. The first-order chi connectivity index (χ1) is 8.19. The van der Waals surface area contributed by atoms with Crippen LogP contribution in [0.25, 0.3) is 0 Å². The molecule has 96 valence electrons. The maximum atomic E-state index is 5.67. The molecule has 0 aliphatic heterocycles. The molecule has 0 aliphatic rings. The van der Waals surface area contributed by atoms with E-state index in [1.165, 1.54) is 6.33 Å². The summed E-state index contributed by atoms with van der Waals surface area (Å²) in [5, 5.41) is 3.35. The van der Waals surface area contributed by atoms with Crippen molar-refractivity contribution in [3.63, 3.8) is 0 Å². The topological polar surface area (TPSA) is 47.0 Å². The van der Waals surface area contributed by atoms with E-state index in [1.807, 2.05) is 13.8 Å². The van der Waals surface area contributed by atoms with Crippen LogP contribution in [0.15, 0.2) is 6.33 Å². The summed E-state index contributed by atoms with van der Waals surface area (Å²) in [7, 11) is 0. The molecule has 4 nitrogen and oxygen atoms in total. The lowest BCUT2D eigenvalue weighted by Gasteiger charge is -2.16. The highest BCUT2D eigenvalue weighted by atomic mass is 35.5. The minimum atomic E-state index is 0.344. The van der Waals surface area contributed by atoms with Crippen LogP contribution in [0.1, 0.15) is 32.3 Å². The Hall–Kier alpha value is -1.03. The zero-order valence-corrected chi connectivity index (χ0v) is 11.4. The van der Waals surface area contributed by atoms with Crippen LogP contribution in [-0.4, -0.2) is 28.5 Å². The van der Waals surface area contributed by atoms with Crippen molar-refractivity contribution < 1.29 is 4.74 Å². The van der Waals surface area contributed by atoms with Gasteiger partial charge >= 0.3 is 0 Å². The molecular formula is C12H20ClN3O. The SMILES string of the molecule is CCOc1ncnc(NC(C)CCCCl)c1C. The molecule has 5 heteroatoms. The van der Waals surface area contributed by atoms with E-state index in [9.17, 15) is 0 Å². The van der Waals surface area contributed by atoms with Crippen LogP contribution in [0.5, 0.6) is 5.88 Å². The van der Waals surface area contributed by atoms with Crippen LogP contribution < -0.4 is 10.1 Å². The Morgan fingerprint density at radius 1 is 1.47 bits per heavy atom. The molecule has 17 heavy (non-hydrogen) atoms. The average molecular weight is 258 g/mol. The average Bonchev–Trinajstić information content (AvgIpc) is 2.32. The minimum absolute atomic E-state index is 0.344. The predicted octanol–water partition coefficient (Wildman–Crippen LogP) is 3.00. The van der Waals surface area contributed by atoms with Crippen molar-refractivity contribution in [1.29, 1.82) is 0 Å². The standard InChI is InChI=1S/C12H20ClN3O/c1-4-17-12-10(3)11(14-8-15-12)16-9(2)6-5-7-13/h8-9H,4-7H2,1-3H3,(H,14,15,16). The molecule has 0 aromatic carbocycles. The molecule has 0 bridgehead atoms. The van der Waals surface area contributed by atoms with Gasteiger partial charge < -0.3 is 10.1 Å². The van der Waals surface area contributed by atoms with Gasteiger partial charge in [-0.1, -0.05) is 0 Å². The van der Waals surface area contributed by atoms with E-state index in [0.717, 1.165) is 24.2 Å². The lowest BCUT2D eigenvalue weighted by atomic mass is 10.2. The fourth-order valence-corrected chi connectivity index (χ4v) is 1.70. The first kappa shape index (κ1) is 14.0. The van der Waals surface area contributed by atoms with Crippen molar-refractivity contribution in [1.82, 2.24) is 9.97 Å². The molecule has 1 atom stereocenters. The van der Waals surface area contributed by atoms with Crippen LogP contribution in [0.3, 0.4) is 0 Å². The third kappa shape index (κ3) is 4.38. The van der Waals surface area contributed by atoms with Gasteiger partial charge in [0.25, 0.3) is 0 Å². The number of hydrogen-bond donors (Lipinski definition) is 1. The second-order valence-electron chi connectivity index (χ2n) is 3.96. The number of rotatable bonds is 7. The van der Waals surface area contributed by atoms with Gasteiger partial charge in [-0.3, -0.25) is 0 Å². The van der Waals surface area contributed by atoms with E-state index >= 15 is 0 Å². The van der Waals surface area contributed by atoms with E-state index in [4.69, 9.17) is 16.3 Å². The van der Waals surface area contributed by atoms with Crippen LogP contribution in [0, 0.1) is 6.92 Å². The van der Waals surface area contributed by atoms with Gasteiger partial charge in [0.05, 0.1) is 12.2 Å². The molecule has 0 fully saturated rings. The molecule has 1 aromatic heterocycles. The Bertz CT molecular complexity index is 347. The van der Waals surface area contributed by atoms with Crippen molar-refractivity contribution in [3.8, 4) is 5.88 Å². The first-order valence-corrected chi connectivity index (χ1v) is 6.49. The summed E-state index contributed by atoms with van der Waals surface area (Å²) in [6, 6.07) is 0.344. The van der Waals surface area contributed by atoms with Gasteiger partial charge in [-0.15, -0.1) is 11.6 Å². The van der Waals surface area contributed by atoms with E-state index in [-0.39, 0.29) is 0 Å². The van der Waals surface area contributed by atoms with Crippen LogP contribution >= 0.6 is 11.6 Å². The van der Waals surface area contributed by atoms with Gasteiger partial charge in [0, 0.05) is 11.9 Å². The van der Waals surface area contributed by atoms with Crippen LogP contribution in [0.2, 0.25) is 0 Å². The van der Waals surface area contributed by atoms with E-state index in [0.29, 0.717) is 24.4 Å². The smallest absolute Gasteiger partial charge is 0.221 e. The third-order valence-electron chi connectivity index (χ3n) is 2.47. The lowest BCUT2D eigenvalue weighted by Crippen LogP contribution is -2.17. The molecular weight excluding hydrogens is 238 g/mol. The molecule has 1 aromatic rings. The second kappa shape index (κ2) is 7.33. The summed E-state index contributed by atoms with van der Waals surface area (Å²) in [4.78, 5) is 8.34. The quantitative estimate of drug-likeness (QED) is 0.763. The summed E-state index contributed by atoms with van der Waals surface area (Å²) in [5.74, 6) is 2.18. The molecule has 0 radical (unpaired) electrons. The highest BCUT2D eigenvalue weighted by Gasteiger charge is 2.10. The van der Waals surface area contributed by atoms with E-state index < -0.39 is 0 Å². The fourth-order valence-electron chi connectivity index (χ4n) is 1.55. The Morgan fingerprint density at radius 3 is 2.88 bits per heavy atom. The Labute approximate surface area is 108 Å². The summed E-state index contributed by atoms with van der Waals surface area (Å²) in [6.07, 6.45) is 3.55. The number of ether oxygens (including phenoxy) is 1. The molecule has 0 amide bonds. The summed E-state index contributed by atoms with van der Waals surface area (Å²) in [5.41, 5.74) is 0.951. The Kier molecular flexibility index (Phi) is 6.05. The van der Waals surface area contributed by atoms with Gasteiger partial charge in [0.15, 0.2) is 0 Å². The number of aromatic nitrogens is 2. The van der Waals surface area contributed by atoms with E-state index in [2.05, 4.69) is 22.2 Å². The largest absolute Gasteiger partial charge is 0.478 e. The third-order valence-corrected chi connectivity index (χ3v) is 2.74. The van der Waals surface area contributed by atoms with Crippen LogP contribution in [-0.2, 0) is 0 Å². The van der Waals surface area contributed by atoms with Crippen LogP contribution in [0.4, 0.5) is 5.82 Å². The van der Waals surface area contributed by atoms with Gasteiger partial charge in [0.2, 0.25) is 5.88 Å². The minimum Gasteiger partial charge on any atom is -0.478 e. The highest BCUT2D eigenvalue weighted by Crippen LogP contribution is 2.21. The zero-order chi connectivity index (χ0) is 12.7. The van der Waals surface area contributed by atoms with Crippen molar-refractivity contribution in [3.05, 3.63) is 11.9 Å². The summed E-state index contributed by atoms with van der Waals surface area (Å²) in [6.45, 7) is 6.63. The zero-order valence-electron chi connectivity index (χ0n) is 10.7. The molecule has 0 saturated heterocycles. The number of anilines is 1. The second-order valence-corrected chi connectivity index (χ2v) is 4.34. The highest BCUT2D eigenvalue weighted by molar-refractivity contribution is 6.17. The fraction of sp³-hybridized carbons (Fsp3) is 0.667. The lowest BCUT2D eigenvalue weighted by molar-refractivity contribution is 0.324. The Morgan fingerprint density at radius 2 is 2.24 bits per heavy atom. The molecule has 1 heterocycles. The normalized spacial score (nSPS) is 12.2. The van der Waals surface area contributed by atoms with E-state index in [1.54, 1.807) is 0 Å². The number of hydrogen-bond acceptors (Lipinski definition) is 4. The number of nitrogens with one attached hydrogen (secondary N) is 1. The number of alkyl halides is 1. The van der Waals surface area contributed by atoms with Crippen molar-refractivity contribution >= 4 is 17.4 Å². The van der Waals surface area contributed by atoms with Gasteiger partial charge in [-0.05, 0) is 33.6 Å². The maximum Gasteiger partial charge on any atom is 0.221 e. The molecule has 0 spiro atoms. The molecule has 1 unspecified atom stereocenters. The van der Waals surface area contributed by atoms with Crippen molar-refractivity contribution in [2.24, 2.45) is 0 Å². The maximum absolute atomic E-state index is 5.67. The summed E-state index contributed by atoms with van der Waals surface area (Å²) < 4.78 is 5.43. The monoisotopic (exact) mass is 257 g/mol. The van der Waals surface area contributed by atoms with Crippen molar-refractivity contribution in [2.75, 3.05) is 17.8 Å². The Balaban J connectivity index is 2.67. The number of halogens is 1.